The van der Waals surface area contributed by atoms with Gasteiger partial charge in [0.15, 0.2) is 0 Å². The van der Waals surface area contributed by atoms with Crippen LogP contribution in [-0.2, 0) is 12.0 Å². The van der Waals surface area contributed by atoms with Gasteiger partial charge in [0.25, 0.3) is 0 Å². The summed E-state index contributed by atoms with van der Waals surface area (Å²) >= 11 is 1.97. The third kappa shape index (κ3) is 2.82. The van der Waals surface area contributed by atoms with Crippen molar-refractivity contribution in [3.8, 4) is 5.69 Å². The average Bonchev–Trinajstić information content (AvgIpc) is 2.79. The fraction of sp³-hybridized carbons (Fsp3) is 0.438. The van der Waals surface area contributed by atoms with E-state index in [1.807, 2.05) is 11.8 Å². The van der Waals surface area contributed by atoms with Crippen molar-refractivity contribution in [1.29, 1.82) is 0 Å². The monoisotopic (exact) mass is 352 g/mol. The quantitative estimate of drug-likeness (QED) is 0.681. The van der Waals surface area contributed by atoms with Crippen LogP contribution in [-0.4, -0.2) is 10.3 Å². The van der Waals surface area contributed by atoms with Crippen LogP contribution in [0.4, 0.5) is 0 Å². The number of aromatic nitrogens is 2. The molecule has 0 N–H and O–H groups in total. The average molecular weight is 353 g/mol. The van der Waals surface area contributed by atoms with E-state index in [9.17, 15) is 0 Å². The van der Waals surface area contributed by atoms with E-state index < -0.39 is 0 Å². The number of fused-ring (bicyclic) bond motifs is 1. The third-order valence-corrected chi connectivity index (χ3v) is 4.71. The molecule has 4 heteroatoms. The zero-order valence-electron chi connectivity index (χ0n) is 12.3. The van der Waals surface area contributed by atoms with Gasteiger partial charge in [-0.3, -0.25) is 0 Å². The number of hydrogen-bond donors (Lipinski definition) is 0. The molecule has 0 bridgehead atoms. The normalized spacial score (nSPS) is 14.6. The molecule has 1 aliphatic heterocycles. The number of benzene rings is 1. The van der Waals surface area contributed by atoms with Gasteiger partial charge >= 0.3 is 5.16 Å². The van der Waals surface area contributed by atoms with Gasteiger partial charge in [0.2, 0.25) is 0 Å². The van der Waals surface area contributed by atoms with Crippen LogP contribution >= 0.6 is 11.8 Å². The molecule has 0 spiro atoms. The highest BCUT2D eigenvalue weighted by atomic mass is 79.9. The van der Waals surface area contributed by atoms with Crippen molar-refractivity contribution in [2.45, 2.75) is 44.3 Å². The molecule has 0 unspecified atom stereocenters. The molecule has 2 aromatic rings. The second kappa shape index (κ2) is 5.94. The molecule has 0 radical (unpaired) electrons. The molecule has 0 amide bonds. The number of imidazole rings is 1. The first-order valence-electron chi connectivity index (χ1n) is 6.91. The van der Waals surface area contributed by atoms with Gasteiger partial charge in [-0.1, -0.05) is 39.0 Å². The van der Waals surface area contributed by atoms with Gasteiger partial charge < -0.3 is 17.0 Å². The van der Waals surface area contributed by atoms with E-state index in [0.717, 1.165) is 6.54 Å². The Hall–Kier alpha value is -0.740. The molecular formula is C16H21BrN2S. The molecular weight excluding hydrogens is 332 g/mol. The van der Waals surface area contributed by atoms with E-state index in [1.54, 1.807) is 0 Å². The molecule has 2 nitrogen and oxygen atoms in total. The maximum absolute atomic E-state index is 2.50. The van der Waals surface area contributed by atoms with Crippen molar-refractivity contribution in [3.63, 3.8) is 0 Å². The van der Waals surface area contributed by atoms with Gasteiger partial charge in [0, 0.05) is 11.2 Å². The van der Waals surface area contributed by atoms with Crippen molar-refractivity contribution in [1.82, 2.24) is 4.57 Å². The lowest BCUT2D eigenvalue weighted by molar-refractivity contribution is -0.637. The molecule has 0 saturated heterocycles. The number of rotatable bonds is 1. The van der Waals surface area contributed by atoms with Gasteiger partial charge in [-0.2, -0.15) is 4.57 Å². The van der Waals surface area contributed by atoms with Crippen LogP contribution in [0.1, 0.15) is 32.9 Å². The summed E-state index contributed by atoms with van der Waals surface area (Å²) < 4.78 is 4.85. The van der Waals surface area contributed by atoms with E-state index in [-0.39, 0.29) is 22.4 Å². The van der Waals surface area contributed by atoms with Crippen molar-refractivity contribution >= 4 is 11.8 Å². The van der Waals surface area contributed by atoms with Crippen LogP contribution in [0.2, 0.25) is 0 Å². The molecule has 0 atom stereocenters. The number of halogens is 1. The molecule has 0 aliphatic carbocycles. The van der Waals surface area contributed by atoms with Crippen LogP contribution in [0.25, 0.3) is 5.69 Å². The molecule has 1 aliphatic rings. The lowest BCUT2D eigenvalue weighted by Gasteiger charge is -2.17. The predicted molar refractivity (Wildman–Crippen MR) is 80.0 cm³/mol. The van der Waals surface area contributed by atoms with Gasteiger partial charge in [0.1, 0.15) is 17.6 Å². The summed E-state index contributed by atoms with van der Waals surface area (Å²) in [6.45, 7) is 8.04. The second-order valence-electron chi connectivity index (χ2n) is 6.11. The van der Waals surface area contributed by atoms with Crippen molar-refractivity contribution < 1.29 is 21.5 Å². The minimum absolute atomic E-state index is 0. The Bertz CT molecular complexity index is 585. The molecule has 0 saturated carbocycles. The van der Waals surface area contributed by atoms with Crippen LogP contribution in [0.15, 0.2) is 41.7 Å². The first-order chi connectivity index (χ1) is 9.07. The molecule has 1 aromatic heterocycles. The van der Waals surface area contributed by atoms with E-state index >= 15 is 0 Å². The summed E-state index contributed by atoms with van der Waals surface area (Å²) in [5.41, 5.74) is 2.88. The van der Waals surface area contributed by atoms with Crippen LogP contribution in [0.5, 0.6) is 0 Å². The fourth-order valence-corrected chi connectivity index (χ4v) is 3.70. The number of thioether (sulfide) groups is 1. The van der Waals surface area contributed by atoms with Gasteiger partial charge in [0.05, 0.1) is 6.54 Å². The second-order valence-corrected chi connectivity index (χ2v) is 7.17. The van der Waals surface area contributed by atoms with E-state index in [4.69, 9.17) is 0 Å². The molecule has 0 fully saturated rings. The summed E-state index contributed by atoms with van der Waals surface area (Å²) in [4.78, 5) is 0. The Morgan fingerprint density at radius 2 is 1.85 bits per heavy atom. The van der Waals surface area contributed by atoms with Gasteiger partial charge in [-0.25, -0.2) is 4.57 Å². The summed E-state index contributed by atoms with van der Waals surface area (Å²) in [6.07, 6.45) is 3.59. The molecule has 1 aromatic carbocycles. The third-order valence-electron chi connectivity index (χ3n) is 3.54. The topological polar surface area (TPSA) is 8.81 Å². The number of hydrogen-bond acceptors (Lipinski definition) is 1. The summed E-state index contributed by atoms with van der Waals surface area (Å²) in [5, 5.41) is 1.38. The Balaban J connectivity index is 0.00000147. The first kappa shape index (κ1) is 15.6. The Morgan fingerprint density at radius 1 is 1.15 bits per heavy atom. The SMILES string of the molecule is CC(C)(C)c1c[n+](-c2ccccc2)c2n1CCCS2.[Br-]. The smallest absolute Gasteiger partial charge is 0.323 e. The van der Waals surface area contributed by atoms with E-state index in [1.165, 1.54) is 28.7 Å². The summed E-state index contributed by atoms with van der Waals surface area (Å²) in [7, 11) is 0. The predicted octanol–water partition coefficient (Wildman–Crippen LogP) is 0.562. The highest BCUT2D eigenvalue weighted by Crippen LogP contribution is 2.30. The van der Waals surface area contributed by atoms with Crippen molar-refractivity contribution in [2.24, 2.45) is 0 Å². The largest absolute Gasteiger partial charge is 1.00 e. The van der Waals surface area contributed by atoms with Crippen molar-refractivity contribution in [2.75, 3.05) is 5.75 Å². The fourth-order valence-electron chi connectivity index (χ4n) is 2.60. The number of para-hydroxylation sites is 1. The Kier molecular flexibility index (Phi) is 4.65. The Morgan fingerprint density at radius 3 is 2.50 bits per heavy atom. The standard InChI is InChI=1S/C16H21N2S.BrH/c1-16(2,3)14-12-18(13-8-5-4-6-9-13)15-17(14)10-7-11-19-15;/h4-6,8-9,12H,7,10-11H2,1-3H3;1H/q+1;/p-1. The highest BCUT2D eigenvalue weighted by Gasteiger charge is 2.33. The van der Waals surface area contributed by atoms with E-state index in [2.05, 4.69) is 66.4 Å². The van der Waals surface area contributed by atoms with Gasteiger partial charge in [-0.15, -0.1) is 0 Å². The first-order valence-corrected chi connectivity index (χ1v) is 7.90. The molecule has 108 valence electrons. The van der Waals surface area contributed by atoms with Gasteiger partial charge in [-0.05, 0) is 30.3 Å². The number of nitrogens with zero attached hydrogens (tertiary/aromatic N) is 2. The van der Waals surface area contributed by atoms with E-state index in [0.29, 0.717) is 0 Å². The lowest BCUT2D eigenvalue weighted by atomic mass is 9.92. The van der Waals surface area contributed by atoms with Crippen LogP contribution in [0.3, 0.4) is 0 Å². The summed E-state index contributed by atoms with van der Waals surface area (Å²) in [5.74, 6) is 1.22. The molecule has 2 heterocycles. The molecule has 20 heavy (non-hydrogen) atoms. The molecule has 3 rings (SSSR count). The van der Waals surface area contributed by atoms with Crippen LogP contribution in [0, 0.1) is 0 Å². The zero-order valence-corrected chi connectivity index (χ0v) is 14.7. The minimum atomic E-state index is 0. The van der Waals surface area contributed by atoms with Crippen LogP contribution < -0.4 is 21.5 Å². The van der Waals surface area contributed by atoms with Crippen molar-refractivity contribution in [3.05, 3.63) is 42.2 Å². The highest BCUT2D eigenvalue weighted by molar-refractivity contribution is 7.99. The Labute approximate surface area is 136 Å². The lowest BCUT2D eigenvalue weighted by Crippen LogP contribution is -3.00. The summed E-state index contributed by atoms with van der Waals surface area (Å²) in [6, 6.07) is 10.7. The maximum Gasteiger partial charge on any atom is 0.323 e. The zero-order chi connectivity index (χ0) is 13.5. The maximum atomic E-state index is 2.50. The minimum Gasteiger partial charge on any atom is -1.00 e.